The highest BCUT2D eigenvalue weighted by atomic mass is 14.9. The minimum atomic E-state index is 0.261. The Morgan fingerprint density at radius 2 is 1.88 bits per heavy atom. The molecule has 0 fully saturated rings. The molecule has 3 heteroatoms. The number of benzene rings is 1. The lowest BCUT2D eigenvalue weighted by Gasteiger charge is -2.17. The number of rotatable bonds is 4. The van der Waals surface area contributed by atoms with E-state index in [1.165, 1.54) is 11.1 Å². The molecule has 1 atom stereocenters. The molecule has 1 heterocycles. The van der Waals surface area contributed by atoms with Gasteiger partial charge in [0, 0.05) is 24.0 Å². The third-order valence-corrected chi connectivity index (χ3v) is 3.02. The molecule has 17 heavy (non-hydrogen) atoms. The Balaban J connectivity index is 2.19. The van der Waals surface area contributed by atoms with Gasteiger partial charge in [0.1, 0.15) is 6.33 Å². The van der Waals surface area contributed by atoms with Crippen LogP contribution in [-0.4, -0.2) is 17.0 Å². The van der Waals surface area contributed by atoms with Crippen molar-refractivity contribution in [2.45, 2.75) is 19.4 Å². The van der Waals surface area contributed by atoms with Gasteiger partial charge < -0.3 is 5.32 Å². The van der Waals surface area contributed by atoms with Gasteiger partial charge in [-0.2, -0.15) is 0 Å². The molecule has 3 nitrogen and oxygen atoms in total. The van der Waals surface area contributed by atoms with E-state index in [1.807, 2.05) is 19.4 Å². The van der Waals surface area contributed by atoms with Crippen molar-refractivity contribution < 1.29 is 0 Å². The zero-order valence-electron chi connectivity index (χ0n) is 10.2. The number of hydrogen-bond acceptors (Lipinski definition) is 3. The maximum Gasteiger partial charge on any atom is 0.115 e. The van der Waals surface area contributed by atoms with E-state index in [9.17, 15) is 0 Å². The molecule has 0 saturated carbocycles. The summed E-state index contributed by atoms with van der Waals surface area (Å²) in [5, 5.41) is 3.31. The quantitative estimate of drug-likeness (QED) is 0.870. The van der Waals surface area contributed by atoms with Gasteiger partial charge in [-0.05, 0) is 31.5 Å². The van der Waals surface area contributed by atoms with E-state index in [0.717, 1.165) is 12.0 Å². The largest absolute Gasteiger partial charge is 0.313 e. The lowest BCUT2D eigenvalue weighted by atomic mass is 9.98. The predicted molar refractivity (Wildman–Crippen MR) is 68.7 cm³/mol. The third-order valence-electron chi connectivity index (χ3n) is 3.02. The van der Waals surface area contributed by atoms with Crippen molar-refractivity contribution in [2.24, 2.45) is 0 Å². The number of nitrogens with one attached hydrogen (secondary N) is 1. The van der Waals surface area contributed by atoms with Gasteiger partial charge in [-0.1, -0.05) is 24.3 Å². The molecule has 1 N–H and O–H groups in total. The molecule has 0 aliphatic heterocycles. The van der Waals surface area contributed by atoms with Gasteiger partial charge >= 0.3 is 0 Å². The minimum absolute atomic E-state index is 0.261. The predicted octanol–water partition coefficient (Wildman–Crippen LogP) is 2.29. The second-order valence-corrected chi connectivity index (χ2v) is 4.14. The Bertz CT molecular complexity index is 468. The van der Waals surface area contributed by atoms with Crippen molar-refractivity contribution in [3.8, 4) is 0 Å². The average Bonchev–Trinajstić information content (AvgIpc) is 2.39. The smallest absolute Gasteiger partial charge is 0.115 e. The van der Waals surface area contributed by atoms with E-state index in [1.54, 1.807) is 6.33 Å². The molecule has 1 unspecified atom stereocenters. The van der Waals surface area contributed by atoms with Crippen molar-refractivity contribution in [2.75, 3.05) is 7.05 Å². The molecule has 0 radical (unpaired) electrons. The van der Waals surface area contributed by atoms with Gasteiger partial charge in [-0.3, -0.25) is 0 Å². The molecule has 0 aliphatic rings. The Labute approximate surface area is 102 Å². The number of aromatic nitrogens is 2. The lowest BCUT2D eigenvalue weighted by Crippen LogP contribution is -2.19. The fraction of sp³-hybridized carbons (Fsp3) is 0.286. The van der Waals surface area contributed by atoms with E-state index in [0.29, 0.717) is 0 Å². The SMILES string of the molecule is CNC(Cc1ccccc1C)c1cncnc1. The van der Waals surface area contributed by atoms with Crippen LogP contribution in [0.5, 0.6) is 0 Å². The third kappa shape index (κ3) is 2.88. The Morgan fingerprint density at radius 3 is 2.53 bits per heavy atom. The summed E-state index contributed by atoms with van der Waals surface area (Å²) < 4.78 is 0. The average molecular weight is 227 g/mol. The van der Waals surface area contributed by atoms with Crippen molar-refractivity contribution in [1.82, 2.24) is 15.3 Å². The monoisotopic (exact) mass is 227 g/mol. The summed E-state index contributed by atoms with van der Waals surface area (Å²) in [6.07, 6.45) is 6.25. The Hall–Kier alpha value is -1.74. The van der Waals surface area contributed by atoms with Crippen LogP contribution in [-0.2, 0) is 6.42 Å². The van der Waals surface area contributed by atoms with E-state index in [4.69, 9.17) is 0 Å². The van der Waals surface area contributed by atoms with Gasteiger partial charge in [-0.15, -0.1) is 0 Å². The van der Waals surface area contributed by atoms with E-state index >= 15 is 0 Å². The van der Waals surface area contributed by atoms with Crippen molar-refractivity contribution in [3.63, 3.8) is 0 Å². The van der Waals surface area contributed by atoms with Crippen LogP contribution in [0.3, 0.4) is 0 Å². The maximum absolute atomic E-state index is 4.07. The van der Waals surface area contributed by atoms with E-state index < -0.39 is 0 Å². The van der Waals surface area contributed by atoms with Crippen LogP contribution in [0.15, 0.2) is 43.0 Å². The van der Waals surface area contributed by atoms with E-state index in [2.05, 4.69) is 46.5 Å². The Morgan fingerprint density at radius 1 is 1.18 bits per heavy atom. The first kappa shape index (κ1) is 11.7. The topological polar surface area (TPSA) is 37.8 Å². The number of nitrogens with zero attached hydrogens (tertiary/aromatic N) is 2. The first-order valence-corrected chi connectivity index (χ1v) is 5.78. The highest BCUT2D eigenvalue weighted by Gasteiger charge is 2.11. The maximum atomic E-state index is 4.07. The summed E-state index contributed by atoms with van der Waals surface area (Å²) in [5.41, 5.74) is 3.80. The van der Waals surface area contributed by atoms with Crippen LogP contribution in [0.25, 0.3) is 0 Å². The molecule has 0 saturated heterocycles. The number of likely N-dealkylation sites (N-methyl/N-ethyl adjacent to an activating group) is 1. The van der Waals surface area contributed by atoms with Gasteiger partial charge in [0.05, 0.1) is 0 Å². The van der Waals surface area contributed by atoms with Crippen molar-refractivity contribution >= 4 is 0 Å². The van der Waals surface area contributed by atoms with Crippen LogP contribution in [0, 0.1) is 6.92 Å². The molecule has 1 aromatic heterocycles. The standard InChI is InChI=1S/C14H17N3/c1-11-5-3-4-6-12(11)7-14(15-2)13-8-16-10-17-9-13/h3-6,8-10,14-15H,7H2,1-2H3. The zero-order chi connectivity index (χ0) is 12.1. The Kier molecular flexibility index (Phi) is 3.83. The normalized spacial score (nSPS) is 12.4. The van der Waals surface area contributed by atoms with Crippen LogP contribution >= 0.6 is 0 Å². The molecule has 0 aliphatic carbocycles. The molecule has 0 bridgehead atoms. The van der Waals surface area contributed by atoms with Gasteiger partial charge in [0.2, 0.25) is 0 Å². The minimum Gasteiger partial charge on any atom is -0.313 e. The fourth-order valence-electron chi connectivity index (χ4n) is 1.94. The molecule has 0 amide bonds. The second-order valence-electron chi connectivity index (χ2n) is 4.14. The summed E-state index contributed by atoms with van der Waals surface area (Å²) in [6.45, 7) is 2.14. The summed E-state index contributed by atoms with van der Waals surface area (Å²) in [5.74, 6) is 0. The second kappa shape index (κ2) is 5.55. The molecule has 1 aromatic carbocycles. The number of hydrogen-bond donors (Lipinski definition) is 1. The molecule has 0 spiro atoms. The van der Waals surface area contributed by atoms with Crippen molar-refractivity contribution in [3.05, 3.63) is 59.7 Å². The molecule has 2 aromatic rings. The highest BCUT2D eigenvalue weighted by molar-refractivity contribution is 5.28. The zero-order valence-corrected chi connectivity index (χ0v) is 10.2. The van der Waals surface area contributed by atoms with Crippen LogP contribution in [0.2, 0.25) is 0 Å². The van der Waals surface area contributed by atoms with Crippen LogP contribution < -0.4 is 5.32 Å². The molecular weight excluding hydrogens is 210 g/mol. The first-order chi connectivity index (χ1) is 8.31. The van der Waals surface area contributed by atoms with Gasteiger partial charge in [0.25, 0.3) is 0 Å². The fourth-order valence-corrected chi connectivity index (χ4v) is 1.94. The number of aryl methyl sites for hydroxylation is 1. The van der Waals surface area contributed by atoms with Crippen LogP contribution in [0.1, 0.15) is 22.7 Å². The highest BCUT2D eigenvalue weighted by Crippen LogP contribution is 2.18. The van der Waals surface area contributed by atoms with Gasteiger partial charge in [0.15, 0.2) is 0 Å². The molecule has 88 valence electrons. The summed E-state index contributed by atoms with van der Waals surface area (Å²) in [7, 11) is 1.97. The summed E-state index contributed by atoms with van der Waals surface area (Å²) >= 11 is 0. The van der Waals surface area contributed by atoms with Crippen LogP contribution in [0.4, 0.5) is 0 Å². The van der Waals surface area contributed by atoms with Gasteiger partial charge in [-0.25, -0.2) is 9.97 Å². The first-order valence-electron chi connectivity index (χ1n) is 5.78. The molecular formula is C14H17N3. The summed E-state index contributed by atoms with van der Waals surface area (Å²) in [6, 6.07) is 8.72. The molecule has 2 rings (SSSR count). The van der Waals surface area contributed by atoms with Crippen molar-refractivity contribution in [1.29, 1.82) is 0 Å². The van der Waals surface area contributed by atoms with E-state index in [-0.39, 0.29) is 6.04 Å². The summed E-state index contributed by atoms with van der Waals surface area (Å²) in [4.78, 5) is 8.13. The lowest BCUT2D eigenvalue weighted by molar-refractivity contribution is 0.586.